The molecule has 0 radical (unpaired) electrons. The number of ether oxygens (including phenoxy) is 1. The molecule has 7 heteroatoms. The van der Waals surface area contributed by atoms with Gasteiger partial charge in [0.15, 0.2) is 0 Å². The summed E-state index contributed by atoms with van der Waals surface area (Å²) < 4.78 is 5.78. The number of methoxy groups -OCH3 is 1. The van der Waals surface area contributed by atoms with Crippen LogP contribution in [0.15, 0.2) is 16.9 Å². The van der Waals surface area contributed by atoms with E-state index in [0.717, 1.165) is 11.1 Å². The van der Waals surface area contributed by atoms with Gasteiger partial charge in [0.1, 0.15) is 11.7 Å². The van der Waals surface area contributed by atoms with Crippen molar-refractivity contribution in [3.63, 3.8) is 0 Å². The predicted molar refractivity (Wildman–Crippen MR) is 65.6 cm³/mol. The van der Waals surface area contributed by atoms with E-state index in [1.807, 2.05) is 0 Å². The summed E-state index contributed by atoms with van der Waals surface area (Å²) in [6.07, 6.45) is 1.33. The molecular formula is C12H15N3O4. The number of likely N-dealkylation sites (tertiary alicyclic amines) is 1. The van der Waals surface area contributed by atoms with Crippen LogP contribution in [0.2, 0.25) is 0 Å². The van der Waals surface area contributed by atoms with Crippen LogP contribution >= 0.6 is 0 Å². The molecule has 19 heavy (non-hydrogen) atoms. The van der Waals surface area contributed by atoms with E-state index < -0.39 is 12.0 Å². The van der Waals surface area contributed by atoms with Crippen molar-refractivity contribution in [1.29, 1.82) is 0 Å². The van der Waals surface area contributed by atoms with Crippen molar-refractivity contribution in [3.8, 4) is 0 Å². The van der Waals surface area contributed by atoms with Crippen LogP contribution in [0.25, 0.3) is 0 Å². The minimum atomic E-state index is -0.559. The van der Waals surface area contributed by atoms with Crippen LogP contribution in [0, 0.1) is 0 Å². The zero-order valence-corrected chi connectivity index (χ0v) is 10.8. The molecule has 1 aromatic rings. The number of aryl methyl sites for hydroxylation is 1. The first-order valence-electron chi connectivity index (χ1n) is 5.97. The number of hydrogen-bond acceptors (Lipinski definition) is 5. The Kier molecular flexibility index (Phi) is 3.64. The van der Waals surface area contributed by atoms with E-state index >= 15 is 0 Å². The number of nitrogens with zero attached hydrogens (tertiary/aromatic N) is 3. The monoisotopic (exact) mass is 265 g/mol. The van der Waals surface area contributed by atoms with E-state index in [2.05, 4.69) is 9.84 Å². The molecule has 1 saturated heterocycles. The van der Waals surface area contributed by atoms with E-state index in [9.17, 15) is 14.4 Å². The third-order valence-electron chi connectivity index (χ3n) is 3.17. The van der Waals surface area contributed by atoms with Gasteiger partial charge in [-0.2, -0.15) is 5.10 Å². The maximum Gasteiger partial charge on any atom is 0.328 e. The van der Waals surface area contributed by atoms with Gasteiger partial charge in [0.2, 0.25) is 0 Å². The number of amides is 1. The van der Waals surface area contributed by atoms with Crippen molar-refractivity contribution >= 4 is 11.9 Å². The molecule has 1 atom stereocenters. The average molecular weight is 265 g/mol. The van der Waals surface area contributed by atoms with Gasteiger partial charge in [-0.15, -0.1) is 0 Å². The van der Waals surface area contributed by atoms with Crippen LogP contribution in [0.4, 0.5) is 0 Å². The Bertz CT molecular complexity index is 566. The fourth-order valence-electron chi connectivity index (χ4n) is 2.15. The van der Waals surface area contributed by atoms with Crippen molar-refractivity contribution in [3.05, 3.63) is 28.2 Å². The minimum Gasteiger partial charge on any atom is -0.467 e. The summed E-state index contributed by atoms with van der Waals surface area (Å²) in [6.45, 7) is 0.489. The first-order chi connectivity index (χ1) is 9.04. The van der Waals surface area contributed by atoms with Crippen LogP contribution in [0.1, 0.15) is 23.3 Å². The van der Waals surface area contributed by atoms with Crippen molar-refractivity contribution in [1.82, 2.24) is 14.7 Å². The Hall–Kier alpha value is -2.18. The lowest BCUT2D eigenvalue weighted by Crippen LogP contribution is -2.42. The number of aromatic nitrogens is 2. The van der Waals surface area contributed by atoms with Crippen LogP contribution < -0.4 is 5.56 Å². The molecule has 2 rings (SSSR count). The van der Waals surface area contributed by atoms with Gasteiger partial charge >= 0.3 is 5.97 Å². The third kappa shape index (κ3) is 2.49. The van der Waals surface area contributed by atoms with Gasteiger partial charge in [0.05, 0.1) is 7.11 Å². The van der Waals surface area contributed by atoms with E-state index in [1.165, 1.54) is 31.2 Å². The second kappa shape index (κ2) is 5.21. The zero-order chi connectivity index (χ0) is 14.0. The molecule has 102 valence electrons. The summed E-state index contributed by atoms with van der Waals surface area (Å²) in [7, 11) is 2.77. The largest absolute Gasteiger partial charge is 0.467 e. The van der Waals surface area contributed by atoms with E-state index in [0.29, 0.717) is 13.0 Å². The van der Waals surface area contributed by atoms with Crippen molar-refractivity contribution in [2.24, 2.45) is 7.05 Å². The molecular weight excluding hydrogens is 250 g/mol. The number of carbonyl (C=O) groups excluding carboxylic acids is 2. The molecule has 0 saturated carbocycles. The standard InChI is InChI=1S/C12H15N3O4/c1-14-10(16)6-5-8(13-14)11(17)15-7-3-4-9(15)12(18)19-2/h5-6,9H,3-4,7H2,1-2H3. The highest BCUT2D eigenvalue weighted by molar-refractivity contribution is 5.95. The molecule has 0 N–H and O–H groups in total. The third-order valence-corrected chi connectivity index (χ3v) is 3.17. The molecule has 1 aliphatic rings. The smallest absolute Gasteiger partial charge is 0.328 e. The minimum absolute atomic E-state index is 0.151. The lowest BCUT2D eigenvalue weighted by atomic mass is 10.2. The highest BCUT2D eigenvalue weighted by atomic mass is 16.5. The highest BCUT2D eigenvalue weighted by Crippen LogP contribution is 2.20. The summed E-state index contributed by atoms with van der Waals surface area (Å²) in [5.41, 5.74) is -0.139. The van der Waals surface area contributed by atoms with Gasteiger partial charge in [-0.1, -0.05) is 0 Å². The highest BCUT2D eigenvalue weighted by Gasteiger charge is 2.35. The normalized spacial score (nSPS) is 18.4. The quantitative estimate of drug-likeness (QED) is 0.677. The molecule has 0 spiro atoms. The second-order valence-electron chi connectivity index (χ2n) is 4.36. The summed E-state index contributed by atoms with van der Waals surface area (Å²) >= 11 is 0. The number of carbonyl (C=O) groups is 2. The summed E-state index contributed by atoms with van der Waals surface area (Å²) in [4.78, 5) is 36.5. The summed E-state index contributed by atoms with van der Waals surface area (Å²) in [5.74, 6) is -0.779. The van der Waals surface area contributed by atoms with E-state index in [-0.39, 0.29) is 17.2 Å². The Morgan fingerprint density at radius 1 is 1.42 bits per heavy atom. The SMILES string of the molecule is COC(=O)C1CCCN1C(=O)c1ccc(=O)n(C)n1. The van der Waals surface area contributed by atoms with Crippen LogP contribution in [-0.4, -0.2) is 46.3 Å². The Balaban J connectivity index is 2.25. The Labute approximate surface area is 109 Å². The molecule has 0 aliphatic carbocycles. The van der Waals surface area contributed by atoms with Crippen LogP contribution in [-0.2, 0) is 16.6 Å². The molecule has 0 bridgehead atoms. The van der Waals surface area contributed by atoms with Crippen LogP contribution in [0.3, 0.4) is 0 Å². The lowest BCUT2D eigenvalue weighted by Gasteiger charge is -2.22. The molecule has 1 amide bonds. The molecule has 2 heterocycles. The van der Waals surface area contributed by atoms with Gasteiger partial charge in [-0.05, 0) is 18.9 Å². The molecule has 0 aromatic carbocycles. The first kappa shape index (κ1) is 13.3. The number of rotatable bonds is 2. The average Bonchev–Trinajstić information content (AvgIpc) is 2.89. The van der Waals surface area contributed by atoms with Crippen molar-refractivity contribution in [2.45, 2.75) is 18.9 Å². The second-order valence-corrected chi connectivity index (χ2v) is 4.36. The number of hydrogen-bond donors (Lipinski definition) is 0. The summed E-state index contributed by atoms with van der Waals surface area (Å²) in [6, 6.07) is 2.09. The topological polar surface area (TPSA) is 81.5 Å². The molecule has 1 aliphatic heterocycles. The molecule has 1 unspecified atom stereocenters. The summed E-state index contributed by atoms with van der Waals surface area (Å²) in [5, 5.41) is 3.90. The first-order valence-corrected chi connectivity index (χ1v) is 5.97. The zero-order valence-electron chi connectivity index (χ0n) is 10.8. The predicted octanol–water partition coefficient (Wildman–Crippen LogP) is -0.442. The van der Waals surface area contributed by atoms with E-state index in [4.69, 9.17) is 0 Å². The number of esters is 1. The van der Waals surface area contributed by atoms with Gasteiger partial charge in [0.25, 0.3) is 11.5 Å². The fourth-order valence-corrected chi connectivity index (χ4v) is 2.15. The molecule has 7 nitrogen and oxygen atoms in total. The Morgan fingerprint density at radius 3 is 2.79 bits per heavy atom. The molecule has 1 fully saturated rings. The molecule has 1 aromatic heterocycles. The Morgan fingerprint density at radius 2 is 2.16 bits per heavy atom. The van der Waals surface area contributed by atoms with Gasteiger partial charge in [0, 0.05) is 19.7 Å². The van der Waals surface area contributed by atoms with E-state index in [1.54, 1.807) is 0 Å². The van der Waals surface area contributed by atoms with Crippen molar-refractivity contribution in [2.75, 3.05) is 13.7 Å². The van der Waals surface area contributed by atoms with Gasteiger partial charge < -0.3 is 9.64 Å². The maximum absolute atomic E-state index is 12.3. The lowest BCUT2D eigenvalue weighted by molar-refractivity contribution is -0.145. The van der Waals surface area contributed by atoms with Gasteiger partial charge in [-0.3, -0.25) is 9.59 Å². The fraction of sp³-hybridized carbons (Fsp3) is 0.500. The van der Waals surface area contributed by atoms with Gasteiger partial charge in [-0.25, -0.2) is 9.48 Å². The van der Waals surface area contributed by atoms with Crippen LogP contribution in [0.5, 0.6) is 0 Å². The van der Waals surface area contributed by atoms with Crippen molar-refractivity contribution < 1.29 is 14.3 Å². The maximum atomic E-state index is 12.3.